The zero-order valence-corrected chi connectivity index (χ0v) is 12.8. The van der Waals surface area contributed by atoms with Crippen molar-refractivity contribution in [3.63, 3.8) is 0 Å². The summed E-state index contributed by atoms with van der Waals surface area (Å²) in [6.45, 7) is 0. The highest BCUT2D eigenvalue weighted by Gasteiger charge is 2.39. The molecule has 1 aromatic heterocycles. The molecular weight excluding hydrogens is 284 g/mol. The van der Waals surface area contributed by atoms with Gasteiger partial charge in [-0.25, -0.2) is 9.78 Å². The average molecular weight is 302 g/mol. The first kappa shape index (κ1) is 14.1. The first-order chi connectivity index (χ1) is 10.2. The molecule has 1 saturated carbocycles. The highest BCUT2D eigenvalue weighted by molar-refractivity contribution is 7.13. The van der Waals surface area contributed by atoms with Crippen molar-refractivity contribution in [3.05, 3.63) is 46.5 Å². The van der Waals surface area contributed by atoms with Gasteiger partial charge in [-0.15, -0.1) is 11.3 Å². The Morgan fingerprint density at radius 3 is 2.76 bits per heavy atom. The normalized spacial score (nSPS) is 16.8. The molecule has 1 heterocycles. The first-order valence-corrected chi connectivity index (χ1v) is 7.94. The number of nitrogens with zero attached hydrogens (tertiary/aromatic N) is 1. The van der Waals surface area contributed by atoms with Gasteiger partial charge in [0, 0.05) is 10.8 Å². The minimum absolute atomic E-state index is 0.113. The van der Waals surface area contributed by atoms with Crippen LogP contribution in [-0.4, -0.2) is 18.1 Å². The maximum absolute atomic E-state index is 11.8. The topological polar surface area (TPSA) is 65.2 Å². The zero-order chi connectivity index (χ0) is 14.9. The number of anilines is 1. The van der Waals surface area contributed by atoms with Gasteiger partial charge in [-0.2, -0.15) is 0 Å². The number of nitrogen functional groups attached to an aromatic ring is 1. The number of hydrogen-bond acceptors (Lipinski definition) is 5. The molecule has 2 N–H and O–H groups in total. The van der Waals surface area contributed by atoms with Crippen LogP contribution in [0.25, 0.3) is 0 Å². The number of hydrogen-bond donors (Lipinski definition) is 1. The van der Waals surface area contributed by atoms with E-state index in [9.17, 15) is 4.79 Å². The van der Waals surface area contributed by atoms with Crippen molar-refractivity contribution in [1.82, 2.24) is 4.98 Å². The molecule has 110 valence electrons. The average Bonchev–Trinajstić information content (AvgIpc) is 3.16. The summed E-state index contributed by atoms with van der Waals surface area (Å²) in [6, 6.07) is 7.71. The molecule has 0 spiro atoms. The highest BCUT2D eigenvalue weighted by Crippen LogP contribution is 2.46. The Hall–Kier alpha value is -1.88. The van der Waals surface area contributed by atoms with E-state index in [1.54, 1.807) is 6.07 Å². The number of thiazole rings is 1. The second-order valence-corrected chi connectivity index (χ2v) is 6.32. The molecule has 1 aliphatic rings. The molecule has 5 heteroatoms. The number of benzene rings is 1. The van der Waals surface area contributed by atoms with Gasteiger partial charge in [0.1, 0.15) is 0 Å². The Morgan fingerprint density at radius 2 is 2.14 bits per heavy atom. The number of methoxy groups -OCH3 is 1. The van der Waals surface area contributed by atoms with Crippen molar-refractivity contribution in [2.45, 2.75) is 31.1 Å². The van der Waals surface area contributed by atoms with E-state index < -0.39 is 0 Å². The van der Waals surface area contributed by atoms with E-state index in [-0.39, 0.29) is 11.4 Å². The van der Waals surface area contributed by atoms with E-state index in [1.165, 1.54) is 31.3 Å². The second-order valence-electron chi connectivity index (χ2n) is 5.43. The van der Waals surface area contributed by atoms with Crippen LogP contribution < -0.4 is 5.73 Å². The number of rotatable bonds is 3. The number of esters is 1. The van der Waals surface area contributed by atoms with Gasteiger partial charge in [0.05, 0.1) is 18.4 Å². The summed E-state index contributed by atoms with van der Waals surface area (Å²) in [6.07, 6.45) is 4.42. The van der Waals surface area contributed by atoms with E-state index in [4.69, 9.17) is 10.5 Å². The van der Waals surface area contributed by atoms with Gasteiger partial charge in [-0.05, 0) is 30.5 Å². The maximum Gasteiger partial charge on any atom is 0.337 e. The lowest BCUT2D eigenvalue weighted by Crippen LogP contribution is -2.24. The third-order valence-corrected chi connectivity index (χ3v) is 4.98. The smallest absolute Gasteiger partial charge is 0.337 e. The van der Waals surface area contributed by atoms with Crippen molar-refractivity contribution in [3.8, 4) is 0 Å². The molecule has 0 saturated heterocycles. The number of carbonyl (C=O) groups is 1. The van der Waals surface area contributed by atoms with Crippen molar-refractivity contribution in [2.75, 3.05) is 12.8 Å². The van der Waals surface area contributed by atoms with Gasteiger partial charge in [-0.3, -0.25) is 0 Å². The molecule has 4 nitrogen and oxygen atoms in total. The molecule has 2 aromatic rings. The number of aromatic nitrogens is 1. The largest absolute Gasteiger partial charge is 0.465 e. The minimum atomic E-state index is -0.303. The number of ether oxygens (including phenoxy) is 1. The van der Waals surface area contributed by atoms with E-state index in [0.29, 0.717) is 10.7 Å². The minimum Gasteiger partial charge on any atom is -0.465 e. The van der Waals surface area contributed by atoms with Crippen LogP contribution in [0, 0.1) is 0 Å². The Bertz CT molecular complexity index is 660. The Balaban J connectivity index is 2.08. The fourth-order valence-corrected chi connectivity index (χ4v) is 3.90. The molecule has 21 heavy (non-hydrogen) atoms. The molecule has 0 atom stereocenters. The fraction of sp³-hybridized carbons (Fsp3) is 0.375. The molecule has 1 fully saturated rings. The molecule has 0 bridgehead atoms. The van der Waals surface area contributed by atoms with Gasteiger partial charge in [0.2, 0.25) is 0 Å². The van der Waals surface area contributed by atoms with Gasteiger partial charge in [-0.1, -0.05) is 25.0 Å². The fourth-order valence-electron chi connectivity index (χ4n) is 3.24. The molecule has 0 unspecified atom stereocenters. The second kappa shape index (κ2) is 5.48. The Morgan fingerprint density at radius 1 is 1.38 bits per heavy atom. The lowest BCUT2D eigenvalue weighted by Gasteiger charge is -2.28. The van der Waals surface area contributed by atoms with E-state index >= 15 is 0 Å². The van der Waals surface area contributed by atoms with Crippen LogP contribution in [0.2, 0.25) is 0 Å². The van der Waals surface area contributed by atoms with Crippen molar-refractivity contribution >= 4 is 22.4 Å². The molecule has 1 aromatic carbocycles. The molecule has 1 aliphatic carbocycles. The lowest BCUT2D eigenvalue weighted by atomic mass is 9.76. The van der Waals surface area contributed by atoms with Crippen molar-refractivity contribution < 1.29 is 9.53 Å². The third kappa shape index (κ3) is 2.42. The third-order valence-electron chi connectivity index (χ3n) is 4.31. The predicted octanol–water partition coefficient (Wildman–Crippen LogP) is 3.37. The molecule has 0 radical (unpaired) electrons. The van der Waals surface area contributed by atoms with Crippen LogP contribution in [0.4, 0.5) is 5.13 Å². The number of nitrogens with two attached hydrogens (primary N) is 1. The van der Waals surface area contributed by atoms with E-state index in [0.717, 1.165) is 24.1 Å². The number of carbonyl (C=O) groups excluding carboxylic acids is 1. The van der Waals surface area contributed by atoms with Crippen molar-refractivity contribution in [1.29, 1.82) is 0 Å². The summed E-state index contributed by atoms with van der Waals surface area (Å²) in [7, 11) is 1.40. The molecular formula is C16H18N2O2S. The summed E-state index contributed by atoms with van der Waals surface area (Å²) in [5, 5.41) is 2.64. The molecule has 3 rings (SSSR count). The van der Waals surface area contributed by atoms with Crippen LogP contribution in [-0.2, 0) is 10.2 Å². The van der Waals surface area contributed by atoms with Crippen LogP contribution in [0.1, 0.15) is 47.3 Å². The predicted molar refractivity (Wildman–Crippen MR) is 83.6 cm³/mol. The Labute approximate surface area is 128 Å². The SMILES string of the molecule is COC(=O)c1cccc(C2(c3csc(N)n3)CCCC2)c1. The monoisotopic (exact) mass is 302 g/mol. The highest BCUT2D eigenvalue weighted by atomic mass is 32.1. The first-order valence-electron chi connectivity index (χ1n) is 7.06. The maximum atomic E-state index is 11.8. The van der Waals surface area contributed by atoms with E-state index in [1.807, 2.05) is 17.5 Å². The van der Waals surface area contributed by atoms with Crippen LogP contribution in [0.5, 0.6) is 0 Å². The zero-order valence-electron chi connectivity index (χ0n) is 12.0. The summed E-state index contributed by atoms with van der Waals surface area (Å²) >= 11 is 1.47. The van der Waals surface area contributed by atoms with Crippen molar-refractivity contribution in [2.24, 2.45) is 0 Å². The summed E-state index contributed by atoms with van der Waals surface area (Å²) in [4.78, 5) is 16.3. The lowest BCUT2D eigenvalue weighted by molar-refractivity contribution is 0.0600. The molecule has 0 amide bonds. The van der Waals surface area contributed by atoms with Gasteiger partial charge in [0.15, 0.2) is 5.13 Å². The summed E-state index contributed by atoms with van der Waals surface area (Å²) < 4.78 is 4.82. The van der Waals surface area contributed by atoms with Gasteiger partial charge in [0.25, 0.3) is 0 Å². The molecule has 0 aliphatic heterocycles. The summed E-state index contributed by atoms with van der Waals surface area (Å²) in [5.41, 5.74) is 8.46. The van der Waals surface area contributed by atoms with E-state index in [2.05, 4.69) is 11.1 Å². The standard InChI is InChI=1S/C16H18N2O2S/c1-20-14(19)11-5-4-6-12(9-11)16(7-2-3-8-16)13-10-21-15(17)18-13/h4-6,9-10H,2-3,7-8H2,1H3,(H2,17,18). The Kier molecular flexibility index (Phi) is 3.68. The van der Waals surface area contributed by atoms with Gasteiger partial charge >= 0.3 is 5.97 Å². The quantitative estimate of drug-likeness (QED) is 0.883. The van der Waals surface area contributed by atoms with Crippen LogP contribution >= 0.6 is 11.3 Å². The van der Waals surface area contributed by atoms with Gasteiger partial charge < -0.3 is 10.5 Å². The van der Waals surface area contributed by atoms with Crippen LogP contribution in [0.3, 0.4) is 0 Å². The summed E-state index contributed by atoms with van der Waals surface area (Å²) in [5.74, 6) is -0.303. The van der Waals surface area contributed by atoms with Crippen LogP contribution in [0.15, 0.2) is 29.6 Å².